The van der Waals surface area contributed by atoms with E-state index in [1.54, 1.807) is 0 Å². The molecule has 5 nitrogen and oxygen atoms in total. The topological polar surface area (TPSA) is 62.1 Å². The highest BCUT2D eigenvalue weighted by atomic mass is 35.5. The van der Waals surface area contributed by atoms with Crippen LogP contribution in [0.1, 0.15) is 12.8 Å². The SMILES string of the molecule is OCC1CCCN1c1nc(Cl)nc(Cl)n1. The molecule has 0 saturated carbocycles. The Kier molecular flexibility index (Phi) is 3.23. The van der Waals surface area contributed by atoms with Gasteiger partial charge in [0.05, 0.1) is 12.6 Å². The van der Waals surface area contributed by atoms with Crippen LogP contribution in [-0.2, 0) is 0 Å². The molecule has 1 atom stereocenters. The van der Waals surface area contributed by atoms with E-state index in [0.717, 1.165) is 19.4 Å². The molecular formula is C8H10Cl2N4O. The Balaban J connectivity index is 2.28. The van der Waals surface area contributed by atoms with E-state index in [0.29, 0.717) is 5.95 Å². The molecule has 1 aliphatic heterocycles. The third-order valence-corrected chi connectivity index (χ3v) is 2.75. The predicted molar refractivity (Wildman–Crippen MR) is 57.3 cm³/mol. The van der Waals surface area contributed by atoms with Crippen molar-refractivity contribution in [2.75, 3.05) is 18.1 Å². The summed E-state index contributed by atoms with van der Waals surface area (Å²) in [5.41, 5.74) is 0. The van der Waals surface area contributed by atoms with Crippen LogP contribution >= 0.6 is 23.2 Å². The Hall–Kier alpha value is -0.650. The molecule has 2 rings (SSSR count). The summed E-state index contributed by atoms with van der Waals surface area (Å²) >= 11 is 11.4. The van der Waals surface area contributed by atoms with Gasteiger partial charge in [-0.05, 0) is 36.0 Å². The number of aromatic nitrogens is 3. The molecule has 0 radical (unpaired) electrons. The Labute approximate surface area is 97.1 Å². The Bertz CT molecular complexity index is 342. The number of halogens is 2. The normalized spacial score (nSPS) is 21.0. The van der Waals surface area contributed by atoms with E-state index in [2.05, 4.69) is 15.0 Å². The zero-order valence-corrected chi connectivity index (χ0v) is 9.41. The van der Waals surface area contributed by atoms with Crippen molar-refractivity contribution >= 4 is 29.2 Å². The van der Waals surface area contributed by atoms with Crippen LogP contribution in [0.15, 0.2) is 0 Å². The van der Waals surface area contributed by atoms with E-state index in [1.807, 2.05) is 4.90 Å². The predicted octanol–water partition coefficient (Wildman–Crippen LogP) is 1.14. The van der Waals surface area contributed by atoms with Crippen LogP contribution in [0.25, 0.3) is 0 Å². The standard InChI is InChI=1S/C8H10Cl2N4O/c9-6-11-7(10)13-8(12-6)14-3-1-2-5(14)4-15/h5,15H,1-4H2. The number of aliphatic hydroxyl groups excluding tert-OH is 1. The molecule has 15 heavy (non-hydrogen) atoms. The maximum Gasteiger partial charge on any atom is 0.231 e. The van der Waals surface area contributed by atoms with Crippen LogP contribution in [0.2, 0.25) is 10.6 Å². The molecule has 1 aromatic rings. The maximum atomic E-state index is 9.16. The van der Waals surface area contributed by atoms with Crippen molar-refractivity contribution in [3.05, 3.63) is 10.6 Å². The molecule has 0 spiro atoms. The van der Waals surface area contributed by atoms with Crippen molar-refractivity contribution in [1.82, 2.24) is 15.0 Å². The lowest BCUT2D eigenvalue weighted by Gasteiger charge is -2.22. The first kappa shape index (κ1) is 10.9. The minimum Gasteiger partial charge on any atom is -0.394 e. The van der Waals surface area contributed by atoms with Gasteiger partial charge in [-0.25, -0.2) is 0 Å². The molecule has 1 unspecified atom stereocenters. The number of hydrogen-bond donors (Lipinski definition) is 1. The molecular weight excluding hydrogens is 239 g/mol. The number of rotatable bonds is 2. The molecule has 0 aromatic carbocycles. The lowest BCUT2D eigenvalue weighted by molar-refractivity contribution is 0.265. The first-order chi connectivity index (χ1) is 7.20. The quantitative estimate of drug-likeness (QED) is 0.851. The van der Waals surface area contributed by atoms with Gasteiger partial charge in [-0.3, -0.25) is 0 Å². The fourth-order valence-electron chi connectivity index (χ4n) is 1.73. The van der Waals surface area contributed by atoms with Crippen LogP contribution in [0.5, 0.6) is 0 Å². The van der Waals surface area contributed by atoms with Gasteiger partial charge in [-0.15, -0.1) is 0 Å². The van der Waals surface area contributed by atoms with Crippen molar-refractivity contribution in [1.29, 1.82) is 0 Å². The molecule has 1 N–H and O–H groups in total. The number of anilines is 1. The zero-order chi connectivity index (χ0) is 10.8. The van der Waals surface area contributed by atoms with Gasteiger partial charge in [-0.1, -0.05) is 0 Å². The van der Waals surface area contributed by atoms with Gasteiger partial charge in [-0.2, -0.15) is 15.0 Å². The van der Waals surface area contributed by atoms with Crippen LogP contribution in [-0.4, -0.2) is 39.3 Å². The molecule has 0 bridgehead atoms. The average Bonchev–Trinajstić information content (AvgIpc) is 2.63. The summed E-state index contributed by atoms with van der Waals surface area (Å²) in [6.45, 7) is 0.892. The van der Waals surface area contributed by atoms with E-state index in [4.69, 9.17) is 28.3 Å². The fraction of sp³-hybridized carbons (Fsp3) is 0.625. The summed E-state index contributed by atoms with van der Waals surface area (Å²) in [6.07, 6.45) is 1.93. The third-order valence-electron chi connectivity index (χ3n) is 2.41. The molecule has 1 fully saturated rings. The van der Waals surface area contributed by atoms with Crippen LogP contribution in [0.4, 0.5) is 5.95 Å². The van der Waals surface area contributed by atoms with E-state index in [9.17, 15) is 0 Å². The Morgan fingerprint density at radius 3 is 2.53 bits per heavy atom. The van der Waals surface area contributed by atoms with E-state index < -0.39 is 0 Å². The van der Waals surface area contributed by atoms with Gasteiger partial charge in [0.25, 0.3) is 0 Å². The number of nitrogens with zero attached hydrogens (tertiary/aromatic N) is 4. The van der Waals surface area contributed by atoms with Gasteiger partial charge < -0.3 is 10.0 Å². The van der Waals surface area contributed by atoms with Crippen molar-refractivity contribution in [3.63, 3.8) is 0 Å². The molecule has 0 amide bonds. The van der Waals surface area contributed by atoms with Gasteiger partial charge in [0.1, 0.15) is 0 Å². The molecule has 2 heterocycles. The lowest BCUT2D eigenvalue weighted by Crippen LogP contribution is -2.33. The molecule has 1 saturated heterocycles. The van der Waals surface area contributed by atoms with Crippen molar-refractivity contribution in [2.45, 2.75) is 18.9 Å². The average molecular weight is 249 g/mol. The van der Waals surface area contributed by atoms with Gasteiger partial charge >= 0.3 is 0 Å². The second kappa shape index (κ2) is 4.47. The highest BCUT2D eigenvalue weighted by molar-refractivity contribution is 6.31. The largest absolute Gasteiger partial charge is 0.394 e. The van der Waals surface area contributed by atoms with Crippen molar-refractivity contribution in [2.24, 2.45) is 0 Å². The molecule has 1 aliphatic rings. The summed E-state index contributed by atoms with van der Waals surface area (Å²) in [5.74, 6) is 0.441. The highest BCUT2D eigenvalue weighted by Crippen LogP contribution is 2.23. The molecule has 0 aliphatic carbocycles. The van der Waals surface area contributed by atoms with Crippen LogP contribution in [0.3, 0.4) is 0 Å². The van der Waals surface area contributed by atoms with Crippen molar-refractivity contribution < 1.29 is 5.11 Å². The first-order valence-electron chi connectivity index (χ1n) is 4.65. The monoisotopic (exact) mass is 248 g/mol. The van der Waals surface area contributed by atoms with Crippen LogP contribution < -0.4 is 4.90 Å². The lowest BCUT2D eigenvalue weighted by atomic mass is 10.2. The smallest absolute Gasteiger partial charge is 0.231 e. The number of hydrogen-bond acceptors (Lipinski definition) is 5. The van der Waals surface area contributed by atoms with E-state index in [1.165, 1.54) is 0 Å². The summed E-state index contributed by atoms with van der Waals surface area (Å²) in [7, 11) is 0. The minimum atomic E-state index is 0.0551. The van der Waals surface area contributed by atoms with Crippen molar-refractivity contribution in [3.8, 4) is 0 Å². The summed E-state index contributed by atoms with van der Waals surface area (Å²) in [4.78, 5) is 13.6. The summed E-state index contributed by atoms with van der Waals surface area (Å²) in [6, 6.07) is 0.0551. The molecule has 7 heteroatoms. The molecule has 82 valence electrons. The maximum absolute atomic E-state index is 9.16. The summed E-state index contributed by atoms with van der Waals surface area (Å²) < 4.78 is 0. The van der Waals surface area contributed by atoms with Gasteiger partial charge in [0, 0.05) is 6.54 Å². The first-order valence-corrected chi connectivity index (χ1v) is 5.41. The zero-order valence-electron chi connectivity index (χ0n) is 7.90. The fourth-order valence-corrected chi connectivity index (χ4v) is 2.09. The van der Waals surface area contributed by atoms with Crippen LogP contribution in [0, 0.1) is 0 Å². The van der Waals surface area contributed by atoms with Gasteiger partial charge in [0.15, 0.2) is 0 Å². The molecule has 1 aromatic heterocycles. The number of aliphatic hydroxyl groups is 1. The second-order valence-corrected chi connectivity index (χ2v) is 4.02. The Morgan fingerprint density at radius 2 is 1.93 bits per heavy atom. The minimum absolute atomic E-state index is 0.0551. The summed E-state index contributed by atoms with van der Waals surface area (Å²) in [5, 5.41) is 9.31. The second-order valence-electron chi connectivity index (χ2n) is 3.35. The third kappa shape index (κ3) is 2.30. The van der Waals surface area contributed by atoms with Gasteiger partial charge in [0.2, 0.25) is 16.5 Å². The highest BCUT2D eigenvalue weighted by Gasteiger charge is 2.26. The van der Waals surface area contributed by atoms with E-state index in [-0.39, 0.29) is 23.2 Å². The van der Waals surface area contributed by atoms with E-state index >= 15 is 0 Å². The Morgan fingerprint density at radius 1 is 1.27 bits per heavy atom.